The van der Waals surface area contributed by atoms with Crippen LogP contribution >= 0.6 is 0 Å². The van der Waals surface area contributed by atoms with Crippen LogP contribution in [0, 0.1) is 20.8 Å². The molecule has 2 aliphatic heterocycles. The summed E-state index contributed by atoms with van der Waals surface area (Å²) < 4.78 is 0. The van der Waals surface area contributed by atoms with Crippen LogP contribution in [-0.2, 0) is 11.2 Å². The van der Waals surface area contributed by atoms with Crippen molar-refractivity contribution in [3.63, 3.8) is 0 Å². The fourth-order valence-corrected chi connectivity index (χ4v) is 6.82. The molecule has 50 heavy (non-hydrogen) atoms. The first-order valence-corrected chi connectivity index (χ1v) is 17.0. The summed E-state index contributed by atoms with van der Waals surface area (Å²) in [5, 5.41) is 49.4. The molecule has 0 spiro atoms. The van der Waals surface area contributed by atoms with Crippen molar-refractivity contribution >= 4 is 56.8 Å². The number of aromatic nitrogens is 4. The Balaban J connectivity index is 1.61. The van der Waals surface area contributed by atoms with Gasteiger partial charge in [0.15, 0.2) is 0 Å². The molecular formula is C39H49N5O6. The number of hydrogen-bond acceptors (Lipinski definition) is 8. The SMILES string of the molecule is C=Cc1c(C)c2cc3nc(c(C)c4nc(cc5[nH]c(cc1[nH]2)c(C)c5CC)C(C)=C4)C(CCC(=O)N(C)C[C@H](O)[C@@H](O)[C@H](O)[C@H](O)CO)=C3C. The molecule has 3 aromatic rings. The molecule has 0 aliphatic carbocycles. The molecule has 11 heteroatoms. The van der Waals surface area contributed by atoms with Gasteiger partial charge in [0.05, 0.1) is 29.4 Å². The number of fused-ring (bicyclic) bond motifs is 8. The fraction of sp³-hybridized carbons (Fsp3) is 0.410. The predicted octanol–water partition coefficient (Wildman–Crippen LogP) is 4.61. The number of aryl methyl sites for hydroxylation is 3. The zero-order valence-electron chi connectivity index (χ0n) is 29.9. The first-order valence-electron chi connectivity index (χ1n) is 17.0. The van der Waals surface area contributed by atoms with Gasteiger partial charge in [0.1, 0.15) is 24.4 Å². The Kier molecular flexibility index (Phi) is 10.9. The first kappa shape index (κ1) is 36.9. The monoisotopic (exact) mass is 683 g/mol. The van der Waals surface area contributed by atoms with Gasteiger partial charge in [0.2, 0.25) is 5.91 Å². The average molecular weight is 684 g/mol. The number of rotatable bonds is 11. The molecule has 1 amide bonds. The Hall–Kier alpha value is -4.39. The maximum atomic E-state index is 13.3. The largest absolute Gasteiger partial charge is 0.394 e. The number of aliphatic hydroxyl groups is 5. The number of aliphatic hydroxyl groups excluding tert-OH is 5. The molecule has 0 saturated heterocycles. The average Bonchev–Trinajstić information content (AvgIpc) is 3.80. The zero-order chi connectivity index (χ0) is 36.6. The quantitative estimate of drug-likeness (QED) is 0.153. The second-order valence-electron chi connectivity index (χ2n) is 13.4. The minimum atomic E-state index is -1.77. The standard InChI is InChI=1S/C39H49N5O6/c1-9-24-21(5)30-16-33-25(10-2)20(4)29(41-33)15-31-22(6)26(11-12-36(48)44(8)17-34(46)38(49)39(50)35(47)18-45)37(43-31)23(7)28-13-19(3)27(40-28)14-32(24)42-30/h10,13-16,34-35,38-39,41-42,45-47,49-50H,2,9,11-12,17-18H2,1,3-8H3/t34-,35+,38+,39+/m0/s1. The van der Waals surface area contributed by atoms with Gasteiger partial charge in [-0.2, -0.15) is 0 Å². The summed E-state index contributed by atoms with van der Waals surface area (Å²) >= 11 is 0. The van der Waals surface area contributed by atoms with Gasteiger partial charge >= 0.3 is 0 Å². The summed E-state index contributed by atoms with van der Waals surface area (Å²) in [6, 6.07) is 6.27. The number of nitrogens with one attached hydrogen (secondary N) is 2. The van der Waals surface area contributed by atoms with Crippen molar-refractivity contribution in [2.24, 2.45) is 0 Å². The van der Waals surface area contributed by atoms with E-state index in [1.807, 2.05) is 32.9 Å². The van der Waals surface area contributed by atoms with Gasteiger partial charge in [-0.15, -0.1) is 0 Å². The number of H-pyrrole nitrogens is 2. The Bertz CT molecular complexity index is 2050. The normalized spacial score (nSPS) is 15.5. The number of hydrogen-bond donors (Lipinski definition) is 7. The van der Waals surface area contributed by atoms with Gasteiger partial charge in [0, 0.05) is 53.2 Å². The van der Waals surface area contributed by atoms with Crippen LogP contribution in [0.15, 0.2) is 24.8 Å². The molecule has 0 unspecified atom stereocenters. The first-order chi connectivity index (χ1) is 23.7. The molecule has 8 bridgehead atoms. The smallest absolute Gasteiger partial charge is 0.222 e. The van der Waals surface area contributed by atoms with E-state index >= 15 is 0 Å². The number of nitrogens with zero attached hydrogens (tertiary/aromatic N) is 3. The minimum absolute atomic E-state index is 0.0925. The maximum absolute atomic E-state index is 13.3. The fourth-order valence-electron chi connectivity index (χ4n) is 6.82. The lowest BCUT2D eigenvalue weighted by atomic mass is 9.97. The molecular weight excluding hydrogens is 634 g/mol. The van der Waals surface area contributed by atoms with Gasteiger partial charge in [-0.25, -0.2) is 9.97 Å². The van der Waals surface area contributed by atoms with E-state index in [1.54, 1.807) is 0 Å². The van der Waals surface area contributed by atoms with Gasteiger partial charge in [0.25, 0.3) is 0 Å². The van der Waals surface area contributed by atoms with Crippen LogP contribution in [0.1, 0.15) is 84.2 Å². The molecule has 2 aliphatic rings. The number of aromatic amines is 2. The van der Waals surface area contributed by atoms with Gasteiger partial charge in [-0.1, -0.05) is 19.6 Å². The highest BCUT2D eigenvalue weighted by atomic mass is 16.4. The van der Waals surface area contributed by atoms with E-state index in [0.29, 0.717) is 6.42 Å². The van der Waals surface area contributed by atoms with Crippen molar-refractivity contribution in [1.29, 1.82) is 0 Å². The third kappa shape index (κ3) is 6.97. The molecule has 0 radical (unpaired) electrons. The molecule has 3 aromatic heterocycles. The zero-order valence-corrected chi connectivity index (χ0v) is 29.9. The lowest BCUT2D eigenvalue weighted by molar-refractivity contribution is -0.137. The number of allylic oxidation sites excluding steroid dienone is 3. The van der Waals surface area contributed by atoms with Gasteiger partial charge in [-0.05, 0) is 105 Å². The topological polar surface area (TPSA) is 179 Å². The third-order valence-electron chi connectivity index (χ3n) is 10.1. The summed E-state index contributed by atoms with van der Waals surface area (Å²) in [5.74, 6) is -0.288. The number of carbonyl (C=O) groups excluding carboxylic acids is 1. The molecule has 11 nitrogen and oxygen atoms in total. The number of amides is 1. The second-order valence-corrected chi connectivity index (χ2v) is 13.4. The van der Waals surface area contributed by atoms with E-state index in [4.69, 9.17) is 15.1 Å². The highest BCUT2D eigenvalue weighted by Gasteiger charge is 2.31. The molecule has 266 valence electrons. The minimum Gasteiger partial charge on any atom is -0.394 e. The number of likely N-dealkylation sites (N-methyl/N-ethyl adjacent to an activating group) is 1. The Morgan fingerprint density at radius 1 is 0.880 bits per heavy atom. The molecule has 0 fully saturated rings. The molecule has 5 rings (SSSR count). The molecule has 0 aromatic carbocycles. The predicted molar refractivity (Wildman–Crippen MR) is 199 cm³/mol. The van der Waals surface area contributed by atoms with Gasteiger partial charge in [-0.3, -0.25) is 4.79 Å². The van der Waals surface area contributed by atoms with Crippen molar-refractivity contribution < 1.29 is 30.3 Å². The Labute approximate surface area is 292 Å². The van der Waals surface area contributed by atoms with Crippen molar-refractivity contribution in [3.05, 3.63) is 75.4 Å². The van der Waals surface area contributed by atoms with Crippen LogP contribution in [0.2, 0.25) is 0 Å². The Morgan fingerprint density at radius 3 is 2.18 bits per heavy atom. The van der Waals surface area contributed by atoms with Crippen molar-refractivity contribution in [1.82, 2.24) is 24.8 Å². The van der Waals surface area contributed by atoms with Crippen LogP contribution in [0.4, 0.5) is 0 Å². The van der Waals surface area contributed by atoms with E-state index < -0.39 is 31.0 Å². The summed E-state index contributed by atoms with van der Waals surface area (Å²) in [4.78, 5) is 32.0. The van der Waals surface area contributed by atoms with Crippen LogP contribution in [-0.4, -0.2) is 101 Å². The number of carbonyl (C=O) groups is 1. The lowest BCUT2D eigenvalue weighted by Crippen LogP contribution is -2.49. The van der Waals surface area contributed by atoms with E-state index in [-0.39, 0.29) is 18.9 Å². The van der Waals surface area contributed by atoms with Crippen LogP contribution < -0.4 is 0 Å². The maximum Gasteiger partial charge on any atom is 0.222 e. The summed E-state index contributed by atoms with van der Waals surface area (Å²) in [5.41, 5.74) is 15.3. The van der Waals surface area contributed by atoms with Crippen LogP contribution in [0.25, 0.3) is 50.9 Å². The van der Waals surface area contributed by atoms with E-state index in [9.17, 15) is 25.2 Å². The van der Waals surface area contributed by atoms with Crippen molar-refractivity contribution in [2.75, 3.05) is 20.2 Å². The van der Waals surface area contributed by atoms with Crippen molar-refractivity contribution in [3.8, 4) is 0 Å². The molecule has 0 saturated carbocycles. The molecule has 4 atom stereocenters. The van der Waals surface area contributed by atoms with Gasteiger partial charge < -0.3 is 40.4 Å². The van der Waals surface area contributed by atoms with E-state index in [1.165, 1.54) is 23.1 Å². The molecule has 5 heterocycles. The lowest BCUT2D eigenvalue weighted by Gasteiger charge is -2.28. The third-order valence-corrected chi connectivity index (χ3v) is 10.1. The summed E-state index contributed by atoms with van der Waals surface area (Å²) in [7, 11) is 1.50. The van der Waals surface area contributed by atoms with E-state index in [0.717, 1.165) is 84.7 Å². The van der Waals surface area contributed by atoms with E-state index in [2.05, 4.69) is 55.5 Å². The summed E-state index contributed by atoms with van der Waals surface area (Å²) in [6.07, 6.45) is -1.44. The second kappa shape index (κ2) is 14.8. The van der Waals surface area contributed by atoms with Crippen LogP contribution in [0.5, 0.6) is 0 Å². The molecule has 7 N–H and O–H groups in total. The summed E-state index contributed by atoms with van der Waals surface area (Å²) in [6.45, 7) is 15.4. The van der Waals surface area contributed by atoms with Crippen molar-refractivity contribution in [2.45, 2.75) is 85.2 Å². The Morgan fingerprint density at radius 2 is 1.52 bits per heavy atom. The van der Waals surface area contributed by atoms with Crippen LogP contribution in [0.3, 0.4) is 0 Å². The highest BCUT2D eigenvalue weighted by molar-refractivity contribution is 5.96. The highest BCUT2D eigenvalue weighted by Crippen LogP contribution is 2.37.